The summed E-state index contributed by atoms with van der Waals surface area (Å²) in [6.45, 7) is 5.58. The molecule has 1 fully saturated rings. The minimum atomic E-state index is 0.534. The van der Waals surface area contributed by atoms with E-state index < -0.39 is 0 Å². The van der Waals surface area contributed by atoms with E-state index >= 15 is 0 Å². The van der Waals surface area contributed by atoms with Gasteiger partial charge in [-0.05, 0) is 24.0 Å². The average molecular weight is 164 g/mol. The third kappa shape index (κ3) is 1.53. The van der Waals surface area contributed by atoms with Crippen LogP contribution in [0.15, 0.2) is 18.3 Å². The first-order valence-corrected chi connectivity index (χ1v) is 4.54. The third-order valence-corrected chi connectivity index (χ3v) is 2.71. The molecule has 0 aromatic carbocycles. The molecule has 1 atom stereocenters. The van der Waals surface area contributed by atoms with Gasteiger partial charge in [-0.1, -0.05) is 13.8 Å². The van der Waals surface area contributed by atoms with Crippen molar-refractivity contribution in [1.29, 1.82) is 0 Å². The van der Waals surface area contributed by atoms with Gasteiger partial charge in [0.15, 0.2) is 0 Å². The van der Waals surface area contributed by atoms with E-state index in [1.807, 2.05) is 12.3 Å². The van der Waals surface area contributed by atoms with Gasteiger partial charge in [-0.25, -0.2) is 0 Å². The smallest absolute Gasteiger partial charge is 0.0359 e. The molecule has 0 aliphatic heterocycles. The van der Waals surface area contributed by atoms with Gasteiger partial charge in [0.1, 0.15) is 0 Å². The molecule has 1 aliphatic carbocycles. The molecule has 0 radical (unpaired) electrons. The number of aromatic amines is 1. The van der Waals surface area contributed by atoms with Crippen LogP contribution in [0, 0.1) is 5.41 Å². The second-order valence-electron chi connectivity index (χ2n) is 4.32. The van der Waals surface area contributed by atoms with Gasteiger partial charge in [-0.2, -0.15) is 0 Å². The fourth-order valence-corrected chi connectivity index (χ4v) is 1.53. The highest BCUT2D eigenvalue weighted by molar-refractivity contribution is 5.06. The number of hydrogen-bond donors (Lipinski definition) is 2. The lowest BCUT2D eigenvalue weighted by atomic mass is 10.2. The molecule has 2 nitrogen and oxygen atoms in total. The van der Waals surface area contributed by atoms with Crippen LogP contribution in [0.25, 0.3) is 0 Å². The average Bonchev–Trinajstić information content (AvgIpc) is 2.54. The monoisotopic (exact) mass is 164 g/mol. The molecule has 1 saturated carbocycles. The van der Waals surface area contributed by atoms with Crippen LogP contribution in [-0.4, -0.2) is 11.0 Å². The highest BCUT2D eigenvalue weighted by Crippen LogP contribution is 2.44. The van der Waals surface area contributed by atoms with Gasteiger partial charge < -0.3 is 10.3 Å². The van der Waals surface area contributed by atoms with Crippen molar-refractivity contribution in [2.75, 3.05) is 0 Å². The first kappa shape index (κ1) is 7.87. The molecule has 2 N–H and O–H groups in total. The lowest BCUT2D eigenvalue weighted by Gasteiger charge is -2.04. The second kappa shape index (κ2) is 2.63. The maximum atomic E-state index is 3.52. The Hall–Kier alpha value is -0.760. The van der Waals surface area contributed by atoms with Crippen molar-refractivity contribution >= 4 is 0 Å². The Labute approximate surface area is 73.4 Å². The van der Waals surface area contributed by atoms with Crippen molar-refractivity contribution < 1.29 is 0 Å². The van der Waals surface area contributed by atoms with E-state index in [1.165, 1.54) is 12.1 Å². The van der Waals surface area contributed by atoms with Crippen molar-refractivity contribution in [2.45, 2.75) is 32.9 Å². The van der Waals surface area contributed by atoms with Crippen molar-refractivity contribution in [1.82, 2.24) is 10.3 Å². The first-order valence-electron chi connectivity index (χ1n) is 4.54. The van der Waals surface area contributed by atoms with Crippen molar-refractivity contribution in [3.63, 3.8) is 0 Å². The Kier molecular flexibility index (Phi) is 1.72. The van der Waals surface area contributed by atoms with Crippen molar-refractivity contribution in [3.8, 4) is 0 Å². The Bertz CT molecular complexity index is 249. The molecular weight excluding hydrogens is 148 g/mol. The highest BCUT2D eigenvalue weighted by atomic mass is 15.0. The van der Waals surface area contributed by atoms with E-state index in [2.05, 4.69) is 30.2 Å². The Morgan fingerprint density at radius 2 is 2.42 bits per heavy atom. The molecule has 0 spiro atoms. The van der Waals surface area contributed by atoms with E-state index in [-0.39, 0.29) is 0 Å². The van der Waals surface area contributed by atoms with Crippen LogP contribution in [0.1, 0.15) is 26.0 Å². The maximum absolute atomic E-state index is 3.52. The molecule has 12 heavy (non-hydrogen) atoms. The van der Waals surface area contributed by atoms with E-state index in [9.17, 15) is 0 Å². The lowest BCUT2D eigenvalue weighted by molar-refractivity contribution is 0.539. The summed E-state index contributed by atoms with van der Waals surface area (Å²) >= 11 is 0. The predicted octanol–water partition coefficient (Wildman–Crippen LogP) is 1.90. The zero-order valence-electron chi connectivity index (χ0n) is 7.72. The lowest BCUT2D eigenvalue weighted by Crippen LogP contribution is -2.19. The molecule has 1 aliphatic rings. The van der Waals surface area contributed by atoms with Gasteiger partial charge in [0.25, 0.3) is 0 Å². The number of hydrogen-bond acceptors (Lipinski definition) is 1. The van der Waals surface area contributed by atoms with Crippen LogP contribution >= 0.6 is 0 Å². The molecule has 66 valence electrons. The minimum Gasteiger partial charge on any atom is -0.364 e. The molecule has 0 bridgehead atoms. The standard InChI is InChI=1S/C10H16N2/c1-10(2)6-9(10)12-7-8-4-3-5-11-8/h3-5,9,11-12H,6-7H2,1-2H3. The zero-order chi connectivity index (χ0) is 8.60. The maximum Gasteiger partial charge on any atom is 0.0359 e. The molecular formula is C10H16N2. The highest BCUT2D eigenvalue weighted by Gasteiger charge is 2.44. The molecule has 1 unspecified atom stereocenters. The number of aromatic nitrogens is 1. The van der Waals surface area contributed by atoms with Gasteiger partial charge in [-0.15, -0.1) is 0 Å². The zero-order valence-corrected chi connectivity index (χ0v) is 7.72. The quantitative estimate of drug-likeness (QED) is 0.701. The summed E-state index contributed by atoms with van der Waals surface area (Å²) in [7, 11) is 0. The normalized spacial score (nSPS) is 25.7. The van der Waals surface area contributed by atoms with Crippen molar-refractivity contribution in [3.05, 3.63) is 24.0 Å². The van der Waals surface area contributed by atoms with Gasteiger partial charge in [0.2, 0.25) is 0 Å². The summed E-state index contributed by atoms with van der Waals surface area (Å²) in [6, 6.07) is 4.87. The van der Waals surface area contributed by atoms with Gasteiger partial charge in [0, 0.05) is 24.5 Å². The molecule has 1 aromatic rings. The predicted molar refractivity (Wildman–Crippen MR) is 49.8 cm³/mol. The van der Waals surface area contributed by atoms with E-state index in [0.717, 1.165) is 12.6 Å². The number of rotatable bonds is 3. The van der Waals surface area contributed by atoms with E-state index in [4.69, 9.17) is 0 Å². The fourth-order valence-electron chi connectivity index (χ4n) is 1.53. The van der Waals surface area contributed by atoms with Gasteiger partial charge in [0.05, 0.1) is 0 Å². The molecule has 2 heteroatoms. The molecule has 0 saturated heterocycles. The summed E-state index contributed by atoms with van der Waals surface area (Å²) in [5.74, 6) is 0. The fraction of sp³-hybridized carbons (Fsp3) is 0.600. The first-order chi connectivity index (χ1) is 5.68. The SMILES string of the molecule is CC1(C)CC1NCc1ccc[nH]1. The van der Waals surface area contributed by atoms with Gasteiger partial charge >= 0.3 is 0 Å². The number of nitrogens with one attached hydrogen (secondary N) is 2. The molecule has 1 aromatic heterocycles. The van der Waals surface area contributed by atoms with Crippen LogP contribution in [0.3, 0.4) is 0 Å². The summed E-state index contributed by atoms with van der Waals surface area (Å²) in [4.78, 5) is 3.19. The Morgan fingerprint density at radius 1 is 1.67 bits per heavy atom. The van der Waals surface area contributed by atoms with Crippen LogP contribution in [0.2, 0.25) is 0 Å². The summed E-state index contributed by atoms with van der Waals surface area (Å²) in [6.07, 6.45) is 3.28. The Balaban J connectivity index is 1.78. The topological polar surface area (TPSA) is 27.8 Å². The van der Waals surface area contributed by atoms with Crippen LogP contribution in [-0.2, 0) is 6.54 Å². The molecule has 0 amide bonds. The summed E-state index contributed by atoms with van der Waals surface area (Å²) in [5.41, 5.74) is 1.81. The Morgan fingerprint density at radius 3 is 2.92 bits per heavy atom. The van der Waals surface area contributed by atoms with E-state index in [1.54, 1.807) is 0 Å². The summed E-state index contributed by atoms with van der Waals surface area (Å²) < 4.78 is 0. The van der Waals surface area contributed by atoms with Crippen molar-refractivity contribution in [2.24, 2.45) is 5.41 Å². The largest absolute Gasteiger partial charge is 0.364 e. The minimum absolute atomic E-state index is 0.534. The van der Waals surface area contributed by atoms with Crippen LogP contribution < -0.4 is 5.32 Å². The van der Waals surface area contributed by atoms with Crippen LogP contribution in [0.5, 0.6) is 0 Å². The third-order valence-electron chi connectivity index (χ3n) is 2.71. The second-order valence-corrected chi connectivity index (χ2v) is 4.32. The summed E-state index contributed by atoms with van der Waals surface area (Å²) in [5, 5.41) is 3.52. The number of H-pyrrole nitrogens is 1. The van der Waals surface area contributed by atoms with Gasteiger partial charge in [-0.3, -0.25) is 0 Å². The molecule has 2 rings (SSSR count). The molecule has 1 heterocycles. The van der Waals surface area contributed by atoms with Crippen LogP contribution in [0.4, 0.5) is 0 Å². The van der Waals surface area contributed by atoms with E-state index in [0.29, 0.717) is 5.41 Å².